The molecule has 0 aromatic heterocycles. The summed E-state index contributed by atoms with van der Waals surface area (Å²) in [6.45, 7) is 0.809. The fourth-order valence-corrected chi connectivity index (χ4v) is 2.78. The molecule has 2 aromatic carbocycles. The number of halogens is 1. The summed E-state index contributed by atoms with van der Waals surface area (Å²) >= 11 is 5.91. The summed E-state index contributed by atoms with van der Waals surface area (Å²) in [5.74, 6) is 2.47. The Morgan fingerprint density at radius 1 is 1.14 bits per heavy atom. The van der Waals surface area contributed by atoms with Crippen LogP contribution in [0, 0.1) is 0 Å². The molecule has 1 fully saturated rings. The highest BCUT2D eigenvalue weighted by Gasteiger charge is 2.20. The van der Waals surface area contributed by atoms with Crippen LogP contribution in [0.25, 0.3) is 0 Å². The maximum atomic E-state index is 6.00. The number of benzene rings is 2. The van der Waals surface area contributed by atoms with Crippen molar-refractivity contribution in [3.05, 3.63) is 58.6 Å². The van der Waals surface area contributed by atoms with Crippen molar-refractivity contribution in [3.63, 3.8) is 0 Å². The van der Waals surface area contributed by atoms with Crippen molar-refractivity contribution in [1.82, 2.24) is 5.32 Å². The van der Waals surface area contributed by atoms with E-state index in [1.165, 1.54) is 30.4 Å². The zero-order valence-electron chi connectivity index (χ0n) is 12.2. The van der Waals surface area contributed by atoms with E-state index in [4.69, 9.17) is 16.3 Å². The average molecular weight is 302 g/mol. The summed E-state index contributed by atoms with van der Waals surface area (Å²) in [5.41, 5.74) is 2.65. The molecule has 0 atom stereocenters. The molecule has 0 aliphatic heterocycles. The molecule has 0 heterocycles. The maximum absolute atomic E-state index is 6.00. The van der Waals surface area contributed by atoms with Gasteiger partial charge in [0.25, 0.3) is 0 Å². The Morgan fingerprint density at radius 2 is 1.90 bits per heavy atom. The van der Waals surface area contributed by atoms with Gasteiger partial charge in [-0.3, -0.25) is 0 Å². The first kappa shape index (κ1) is 14.4. The number of hydrogen-bond acceptors (Lipinski definition) is 2. The van der Waals surface area contributed by atoms with Crippen LogP contribution in [0.15, 0.2) is 42.5 Å². The molecule has 0 radical (unpaired) electrons. The van der Waals surface area contributed by atoms with Crippen molar-refractivity contribution >= 4 is 11.6 Å². The van der Waals surface area contributed by atoms with Gasteiger partial charge in [-0.25, -0.2) is 0 Å². The summed E-state index contributed by atoms with van der Waals surface area (Å²) in [5, 5.41) is 3.94. The van der Waals surface area contributed by atoms with Gasteiger partial charge in [0.05, 0.1) is 0 Å². The molecule has 2 aromatic rings. The van der Waals surface area contributed by atoms with Crippen LogP contribution in [0.1, 0.15) is 36.3 Å². The highest BCUT2D eigenvalue weighted by atomic mass is 35.5. The maximum Gasteiger partial charge on any atom is 0.131 e. The minimum Gasteiger partial charge on any atom is -0.457 e. The lowest BCUT2D eigenvalue weighted by molar-refractivity contribution is 0.418. The fraction of sp³-hybridized carbons (Fsp3) is 0.333. The first-order valence-electron chi connectivity index (χ1n) is 7.47. The van der Waals surface area contributed by atoms with Crippen LogP contribution in [0.4, 0.5) is 0 Å². The smallest absolute Gasteiger partial charge is 0.131 e. The molecule has 2 nitrogen and oxygen atoms in total. The van der Waals surface area contributed by atoms with Crippen molar-refractivity contribution in [1.29, 1.82) is 0 Å². The second-order valence-corrected chi connectivity index (χ2v) is 6.02. The van der Waals surface area contributed by atoms with E-state index in [-0.39, 0.29) is 0 Å². The predicted octanol–water partition coefficient (Wildman–Crippen LogP) is 5.12. The molecule has 0 unspecified atom stereocenters. The van der Waals surface area contributed by atoms with E-state index in [9.17, 15) is 0 Å². The predicted molar refractivity (Wildman–Crippen MR) is 87.3 cm³/mol. The summed E-state index contributed by atoms with van der Waals surface area (Å²) in [4.78, 5) is 0. The number of rotatable bonds is 5. The van der Waals surface area contributed by atoms with Crippen LogP contribution >= 0.6 is 11.6 Å². The van der Waals surface area contributed by atoms with Crippen molar-refractivity contribution in [2.24, 2.45) is 0 Å². The minimum atomic E-state index is 0.720. The molecule has 110 valence electrons. The molecule has 3 rings (SSSR count). The molecule has 3 heteroatoms. The van der Waals surface area contributed by atoms with E-state index in [0.29, 0.717) is 0 Å². The Kier molecular flexibility index (Phi) is 4.47. The molecule has 0 spiro atoms. The van der Waals surface area contributed by atoms with E-state index in [2.05, 4.69) is 23.5 Å². The van der Waals surface area contributed by atoms with Gasteiger partial charge < -0.3 is 10.1 Å². The summed E-state index contributed by atoms with van der Waals surface area (Å²) in [6, 6.07) is 14.1. The number of ether oxygens (including phenoxy) is 1. The molecule has 1 N–H and O–H groups in total. The van der Waals surface area contributed by atoms with E-state index < -0.39 is 0 Å². The number of hydrogen-bond donors (Lipinski definition) is 1. The van der Waals surface area contributed by atoms with Gasteiger partial charge in [-0.2, -0.15) is 0 Å². The molecule has 1 aliphatic rings. The van der Waals surface area contributed by atoms with Crippen LogP contribution in [0.2, 0.25) is 5.02 Å². The lowest BCUT2D eigenvalue weighted by atomic mass is 9.79. The molecule has 0 amide bonds. The van der Waals surface area contributed by atoms with Crippen LogP contribution < -0.4 is 10.1 Å². The Labute approximate surface area is 131 Å². The van der Waals surface area contributed by atoms with Crippen molar-refractivity contribution < 1.29 is 4.74 Å². The van der Waals surface area contributed by atoms with Crippen LogP contribution in [-0.2, 0) is 6.54 Å². The molecular formula is C18H20ClNO. The zero-order chi connectivity index (χ0) is 14.7. The normalized spacial score (nSPS) is 14.8. The van der Waals surface area contributed by atoms with E-state index in [1.54, 1.807) is 0 Å². The van der Waals surface area contributed by atoms with Gasteiger partial charge in [-0.1, -0.05) is 30.2 Å². The quantitative estimate of drug-likeness (QED) is 0.827. The Bertz CT molecular complexity index is 605. The lowest BCUT2D eigenvalue weighted by Gasteiger charge is -2.26. The standard InChI is InChI=1S/C18H20ClNO/c1-20-12-15-11-14(13-3-2-4-13)5-10-18(15)21-17-8-6-16(19)7-9-17/h5-11,13,20H,2-4,12H2,1H3. The topological polar surface area (TPSA) is 21.3 Å². The average Bonchev–Trinajstić information content (AvgIpc) is 2.42. The third-order valence-corrected chi connectivity index (χ3v) is 4.32. The van der Waals surface area contributed by atoms with Gasteiger partial charge in [0, 0.05) is 17.1 Å². The van der Waals surface area contributed by atoms with Gasteiger partial charge in [0.1, 0.15) is 11.5 Å². The second kappa shape index (κ2) is 6.50. The van der Waals surface area contributed by atoms with Gasteiger partial charge in [-0.05, 0) is 61.7 Å². The number of nitrogens with one attached hydrogen (secondary N) is 1. The fourth-order valence-electron chi connectivity index (χ4n) is 2.65. The van der Waals surface area contributed by atoms with Crippen LogP contribution in [-0.4, -0.2) is 7.05 Å². The third-order valence-electron chi connectivity index (χ3n) is 4.07. The molecule has 1 saturated carbocycles. The molecule has 21 heavy (non-hydrogen) atoms. The van der Waals surface area contributed by atoms with E-state index >= 15 is 0 Å². The highest BCUT2D eigenvalue weighted by Crippen LogP contribution is 2.38. The Morgan fingerprint density at radius 3 is 2.52 bits per heavy atom. The molecule has 0 saturated heterocycles. The highest BCUT2D eigenvalue weighted by molar-refractivity contribution is 6.30. The van der Waals surface area contributed by atoms with E-state index in [0.717, 1.165) is 29.0 Å². The Hall–Kier alpha value is -1.51. The first-order chi connectivity index (χ1) is 10.3. The summed E-state index contributed by atoms with van der Waals surface area (Å²) in [7, 11) is 1.96. The third kappa shape index (κ3) is 3.39. The monoisotopic (exact) mass is 301 g/mol. The van der Waals surface area contributed by atoms with Crippen molar-refractivity contribution in [3.8, 4) is 11.5 Å². The molecule has 0 bridgehead atoms. The molecular weight excluding hydrogens is 282 g/mol. The SMILES string of the molecule is CNCc1cc(C2CCC2)ccc1Oc1ccc(Cl)cc1. The van der Waals surface area contributed by atoms with Crippen molar-refractivity contribution in [2.45, 2.75) is 31.7 Å². The Balaban J connectivity index is 1.84. The minimum absolute atomic E-state index is 0.720. The van der Waals surface area contributed by atoms with Gasteiger partial charge in [0.2, 0.25) is 0 Å². The van der Waals surface area contributed by atoms with Crippen LogP contribution in [0.5, 0.6) is 11.5 Å². The largest absolute Gasteiger partial charge is 0.457 e. The van der Waals surface area contributed by atoms with E-state index in [1.807, 2.05) is 31.3 Å². The van der Waals surface area contributed by atoms with Gasteiger partial charge in [-0.15, -0.1) is 0 Å². The van der Waals surface area contributed by atoms with Gasteiger partial charge >= 0.3 is 0 Å². The lowest BCUT2D eigenvalue weighted by Crippen LogP contribution is -2.11. The summed E-state index contributed by atoms with van der Waals surface area (Å²) in [6.07, 6.45) is 3.99. The van der Waals surface area contributed by atoms with Crippen molar-refractivity contribution in [2.75, 3.05) is 7.05 Å². The second-order valence-electron chi connectivity index (χ2n) is 5.58. The van der Waals surface area contributed by atoms with Crippen LogP contribution in [0.3, 0.4) is 0 Å². The summed E-state index contributed by atoms with van der Waals surface area (Å²) < 4.78 is 6.00. The van der Waals surface area contributed by atoms with Gasteiger partial charge in [0.15, 0.2) is 0 Å². The first-order valence-corrected chi connectivity index (χ1v) is 7.85. The zero-order valence-corrected chi connectivity index (χ0v) is 13.0. The molecule has 1 aliphatic carbocycles.